The summed E-state index contributed by atoms with van der Waals surface area (Å²) in [5.74, 6) is 1.88. The highest BCUT2D eigenvalue weighted by molar-refractivity contribution is 4.70. The van der Waals surface area contributed by atoms with E-state index >= 15 is 0 Å². The van der Waals surface area contributed by atoms with Crippen molar-refractivity contribution in [1.29, 1.82) is 0 Å². The third-order valence-corrected chi connectivity index (χ3v) is 3.35. The Balaban J connectivity index is 1.91. The molecule has 1 nitrogen and oxygen atoms in total. The van der Waals surface area contributed by atoms with Gasteiger partial charge in [-0.05, 0) is 37.8 Å². The maximum atomic E-state index is 11.8. The Labute approximate surface area is 87.5 Å². The van der Waals surface area contributed by atoms with Gasteiger partial charge >= 0.3 is 0 Å². The third-order valence-electron chi connectivity index (χ3n) is 3.35. The molecule has 0 aliphatic heterocycles. The zero-order valence-electron chi connectivity index (χ0n) is 9.40. The van der Waals surface area contributed by atoms with E-state index in [1.165, 1.54) is 32.1 Å². The van der Waals surface area contributed by atoms with E-state index < -0.39 is 0 Å². The molecule has 84 valence electrons. The van der Waals surface area contributed by atoms with Gasteiger partial charge in [0, 0.05) is 0 Å². The molecule has 1 fully saturated rings. The molecular formula is C12H24FN. The van der Waals surface area contributed by atoms with Crippen LogP contribution in [0, 0.1) is 11.8 Å². The van der Waals surface area contributed by atoms with Gasteiger partial charge in [0.15, 0.2) is 0 Å². The van der Waals surface area contributed by atoms with Gasteiger partial charge in [0.2, 0.25) is 0 Å². The second kappa shape index (κ2) is 7.22. The summed E-state index contributed by atoms with van der Waals surface area (Å²) in [5, 5.41) is 3.30. The van der Waals surface area contributed by atoms with Crippen LogP contribution in [0.5, 0.6) is 0 Å². The first-order chi connectivity index (χ1) is 6.83. The molecule has 1 rings (SSSR count). The van der Waals surface area contributed by atoms with E-state index in [9.17, 15) is 4.39 Å². The Kier molecular flexibility index (Phi) is 6.17. The van der Waals surface area contributed by atoms with Crippen LogP contribution in [0.25, 0.3) is 0 Å². The molecule has 0 spiro atoms. The Hall–Kier alpha value is -0.110. The van der Waals surface area contributed by atoms with Crippen LogP contribution < -0.4 is 5.32 Å². The third kappa shape index (κ3) is 4.94. The normalized spacial score (nSPS) is 27.9. The second-order valence-corrected chi connectivity index (χ2v) is 4.71. The predicted molar refractivity (Wildman–Crippen MR) is 59.2 cm³/mol. The van der Waals surface area contributed by atoms with Crippen molar-refractivity contribution in [1.82, 2.24) is 5.32 Å². The molecule has 1 aliphatic carbocycles. The molecule has 14 heavy (non-hydrogen) atoms. The van der Waals surface area contributed by atoms with Gasteiger partial charge in [-0.15, -0.1) is 0 Å². The molecule has 0 aromatic rings. The number of alkyl halides is 1. The van der Waals surface area contributed by atoms with Crippen LogP contribution in [0.2, 0.25) is 0 Å². The summed E-state index contributed by atoms with van der Waals surface area (Å²) >= 11 is 0. The van der Waals surface area contributed by atoms with Gasteiger partial charge in [-0.3, -0.25) is 4.39 Å². The fourth-order valence-corrected chi connectivity index (χ4v) is 2.24. The van der Waals surface area contributed by atoms with Crippen LogP contribution in [-0.2, 0) is 0 Å². The Bertz CT molecular complexity index is 130. The average Bonchev–Trinajstić information content (AvgIpc) is 2.21. The van der Waals surface area contributed by atoms with Crippen LogP contribution in [0.3, 0.4) is 0 Å². The van der Waals surface area contributed by atoms with Crippen LogP contribution in [0.4, 0.5) is 4.39 Å². The standard InChI is InChI=1S/C12H24FN/c1-11-3-5-12(6-4-11)7-10-14-9-2-8-13/h11-12,14H,2-10H2,1H3. The van der Waals surface area contributed by atoms with Crippen molar-refractivity contribution in [2.45, 2.75) is 45.4 Å². The summed E-state index contributed by atoms with van der Waals surface area (Å²) in [6, 6.07) is 0. The summed E-state index contributed by atoms with van der Waals surface area (Å²) in [7, 11) is 0. The highest BCUT2D eigenvalue weighted by atomic mass is 19.1. The smallest absolute Gasteiger partial charge is 0.0906 e. The minimum Gasteiger partial charge on any atom is -0.317 e. The molecule has 0 saturated heterocycles. The van der Waals surface area contributed by atoms with Gasteiger partial charge in [0.05, 0.1) is 6.67 Å². The van der Waals surface area contributed by atoms with Crippen LogP contribution in [0.15, 0.2) is 0 Å². The van der Waals surface area contributed by atoms with E-state index in [1.807, 2.05) is 0 Å². The minimum atomic E-state index is -0.187. The quantitative estimate of drug-likeness (QED) is 0.651. The lowest BCUT2D eigenvalue weighted by atomic mass is 9.81. The molecule has 0 bridgehead atoms. The van der Waals surface area contributed by atoms with Gasteiger partial charge in [0.25, 0.3) is 0 Å². The Morgan fingerprint density at radius 1 is 1.14 bits per heavy atom. The molecule has 0 aromatic carbocycles. The van der Waals surface area contributed by atoms with E-state index in [4.69, 9.17) is 0 Å². The highest BCUT2D eigenvalue weighted by Crippen LogP contribution is 2.29. The van der Waals surface area contributed by atoms with Crippen LogP contribution >= 0.6 is 0 Å². The fourth-order valence-electron chi connectivity index (χ4n) is 2.24. The van der Waals surface area contributed by atoms with Crippen LogP contribution in [0.1, 0.15) is 45.4 Å². The van der Waals surface area contributed by atoms with Gasteiger partial charge in [0.1, 0.15) is 0 Å². The molecule has 0 amide bonds. The maximum absolute atomic E-state index is 11.8. The van der Waals surface area contributed by atoms with Gasteiger partial charge < -0.3 is 5.32 Å². The molecule has 1 aliphatic rings. The molecule has 0 radical (unpaired) electrons. The van der Waals surface area contributed by atoms with Crippen molar-refractivity contribution in [3.63, 3.8) is 0 Å². The van der Waals surface area contributed by atoms with E-state index in [2.05, 4.69) is 12.2 Å². The topological polar surface area (TPSA) is 12.0 Å². The molecule has 1 N–H and O–H groups in total. The lowest BCUT2D eigenvalue weighted by Gasteiger charge is -2.26. The number of hydrogen-bond donors (Lipinski definition) is 1. The number of nitrogens with one attached hydrogen (secondary N) is 1. The summed E-state index contributed by atoms with van der Waals surface area (Å²) in [5.41, 5.74) is 0. The summed E-state index contributed by atoms with van der Waals surface area (Å²) < 4.78 is 11.8. The summed E-state index contributed by atoms with van der Waals surface area (Å²) in [6.07, 6.45) is 7.60. The molecule has 2 heteroatoms. The van der Waals surface area contributed by atoms with E-state index in [1.54, 1.807) is 0 Å². The SMILES string of the molecule is CC1CCC(CCNCCCF)CC1. The zero-order chi connectivity index (χ0) is 10.2. The zero-order valence-corrected chi connectivity index (χ0v) is 9.40. The lowest BCUT2D eigenvalue weighted by Crippen LogP contribution is -2.21. The monoisotopic (exact) mass is 201 g/mol. The van der Waals surface area contributed by atoms with Crippen molar-refractivity contribution in [3.05, 3.63) is 0 Å². The second-order valence-electron chi connectivity index (χ2n) is 4.71. The first-order valence-corrected chi connectivity index (χ1v) is 6.09. The van der Waals surface area contributed by atoms with Crippen molar-refractivity contribution >= 4 is 0 Å². The Morgan fingerprint density at radius 2 is 1.86 bits per heavy atom. The molecule has 0 atom stereocenters. The average molecular weight is 201 g/mol. The lowest BCUT2D eigenvalue weighted by molar-refractivity contribution is 0.275. The first-order valence-electron chi connectivity index (χ1n) is 6.09. The molecule has 0 aromatic heterocycles. The van der Waals surface area contributed by atoms with Crippen molar-refractivity contribution in [2.24, 2.45) is 11.8 Å². The van der Waals surface area contributed by atoms with Gasteiger partial charge in [-0.1, -0.05) is 32.6 Å². The summed E-state index contributed by atoms with van der Waals surface area (Å²) in [4.78, 5) is 0. The predicted octanol–water partition coefficient (Wildman–Crippen LogP) is 3.15. The first kappa shape index (κ1) is 12.0. The number of hydrogen-bond acceptors (Lipinski definition) is 1. The van der Waals surface area contributed by atoms with Crippen molar-refractivity contribution < 1.29 is 4.39 Å². The van der Waals surface area contributed by atoms with Crippen molar-refractivity contribution in [3.8, 4) is 0 Å². The molecule has 0 unspecified atom stereocenters. The minimum absolute atomic E-state index is 0.187. The highest BCUT2D eigenvalue weighted by Gasteiger charge is 2.17. The van der Waals surface area contributed by atoms with E-state index in [-0.39, 0.29) is 6.67 Å². The maximum Gasteiger partial charge on any atom is 0.0906 e. The summed E-state index contributed by atoms with van der Waals surface area (Å²) in [6.45, 7) is 4.10. The number of halogens is 1. The van der Waals surface area contributed by atoms with E-state index in [0.717, 1.165) is 24.9 Å². The Morgan fingerprint density at radius 3 is 2.50 bits per heavy atom. The molecule has 0 heterocycles. The molecule has 1 saturated carbocycles. The number of rotatable bonds is 6. The largest absolute Gasteiger partial charge is 0.317 e. The van der Waals surface area contributed by atoms with E-state index in [0.29, 0.717) is 6.42 Å². The fraction of sp³-hybridized carbons (Fsp3) is 1.00. The molecular weight excluding hydrogens is 177 g/mol. The van der Waals surface area contributed by atoms with Crippen molar-refractivity contribution in [2.75, 3.05) is 19.8 Å². The van der Waals surface area contributed by atoms with Crippen LogP contribution in [-0.4, -0.2) is 19.8 Å². The van der Waals surface area contributed by atoms with Gasteiger partial charge in [-0.2, -0.15) is 0 Å². The van der Waals surface area contributed by atoms with Gasteiger partial charge in [-0.25, -0.2) is 0 Å².